The van der Waals surface area contributed by atoms with Crippen LogP contribution in [0.2, 0.25) is 0 Å². The molecule has 1 aliphatic heterocycles. The largest absolute Gasteiger partial charge is 0.208 e. The number of fused-ring (bicyclic) bond motifs is 2. The van der Waals surface area contributed by atoms with Gasteiger partial charge in [0.15, 0.2) is 17.5 Å². The van der Waals surface area contributed by atoms with Crippen molar-refractivity contribution in [3.8, 4) is 89.8 Å². The first kappa shape index (κ1) is 34.8. The van der Waals surface area contributed by atoms with E-state index < -0.39 is 0 Å². The lowest BCUT2D eigenvalue weighted by atomic mass is 9.90. The Morgan fingerprint density at radius 1 is 0.254 bits per heavy atom. The number of hydrogen-bond acceptors (Lipinski definition) is 4. The average molecular weight is 770 g/mol. The smallest absolute Gasteiger partial charge is 0.164 e. The van der Waals surface area contributed by atoms with E-state index >= 15 is 0 Å². The van der Waals surface area contributed by atoms with Crippen LogP contribution in [0.1, 0.15) is 0 Å². The zero-order valence-electron chi connectivity index (χ0n) is 32.0. The van der Waals surface area contributed by atoms with Crippen LogP contribution < -0.4 is 0 Å². The summed E-state index contributed by atoms with van der Waals surface area (Å²) in [5.41, 5.74) is 14.9. The summed E-state index contributed by atoms with van der Waals surface area (Å²) < 4.78 is 0. The fraction of sp³-hybridized carbons (Fsp3) is 0. The lowest BCUT2D eigenvalue weighted by Crippen LogP contribution is -2.00. The molecule has 3 nitrogen and oxygen atoms in total. The van der Waals surface area contributed by atoms with Gasteiger partial charge < -0.3 is 0 Å². The summed E-state index contributed by atoms with van der Waals surface area (Å²) >= 11 is 1.87. The molecule has 0 atom stereocenters. The molecule has 11 rings (SSSR count). The summed E-state index contributed by atoms with van der Waals surface area (Å²) in [7, 11) is 0. The van der Waals surface area contributed by atoms with Crippen molar-refractivity contribution in [2.45, 2.75) is 9.79 Å². The minimum Gasteiger partial charge on any atom is -0.208 e. The van der Waals surface area contributed by atoms with Gasteiger partial charge in [-0.05, 0) is 85.3 Å². The first-order valence-corrected chi connectivity index (χ1v) is 20.7. The van der Waals surface area contributed by atoms with E-state index in [9.17, 15) is 0 Å². The van der Waals surface area contributed by atoms with Crippen LogP contribution in [0.3, 0.4) is 0 Å². The predicted octanol–water partition coefficient (Wildman–Crippen LogP) is 14.8. The quantitative estimate of drug-likeness (QED) is 0.162. The molecule has 0 saturated carbocycles. The highest BCUT2D eigenvalue weighted by Crippen LogP contribution is 2.49. The Morgan fingerprint density at radius 3 is 1.31 bits per heavy atom. The first-order valence-electron chi connectivity index (χ1n) is 19.8. The third-order valence-electron chi connectivity index (χ3n) is 11.2. The molecular formula is C55H35N3S. The van der Waals surface area contributed by atoms with Crippen molar-refractivity contribution in [2.75, 3.05) is 0 Å². The van der Waals surface area contributed by atoms with Gasteiger partial charge in [-0.1, -0.05) is 200 Å². The van der Waals surface area contributed by atoms with Gasteiger partial charge in [-0.2, -0.15) is 0 Å². The highest BCUT2D eigenvalue weighted by molar-refractivity contribution is 7.99. The average Bonchev–Trinajstić information content (AvgIpc) is 3.32. The van der Waals surface area contributed by atoms with Gasteiger partial charge in [0.25, 0.3) is 0 Å². The molecular weight excluding hydrogens is 735 g/mol. The Kier molecular flexibility index (Phi) is 8.76. The fourth-order valence-electron chi connectivity index (χ4n) is 8.18. The van der Waals surface area contributed by atoms with Crippen LogP contribution in [0.5, 0.6) is 0 Å². The molecule has 4 heteroatoms. The Morgan fingerprint density at radius 2 is 0.661 bits per heavy atom. The SMILES string of the molecule is c1ccc(-c2ccc(-c3nc(-c4ccccc4)nc(-c4ccc(-c5cccc(-c6cccc(-c7ccc8c9c(cccc79)Sc7ccccc7-8)c6)c5)cc4)n3)cc2)cc1. The van der Waals surface area contributed by atoms with Crippen LogP contribution >= 0.6 is 11.8 Å². The lowest BCUT2D eigenvalue weighted by Gasteiger charge is -2.21. The van der Waals surface area contributed by atoms with Gasteiger partial charge in [-0.25, -0.2) is 15.0 Å². The molecule has 276 valence electrons. The molecule has 0 spiro atoms. The van der Waals surface area contributed by atoms with E-state index in [0.29, 0.717) is 17.5 Å². The minimum atomic E-state index is 0.638. The van der Waals surface area contributed by atoms with Crippen LogP contribution in [0, 0.1) is 0 Å². The van der Waals surface area contributed by atoms with Crippen molar-refractivity contribution in [3.63, 3.8) is 0 Å². The number of rotatable bonds is 7. The van der Waals surface area contributed by atoms with E-state index in [1.807, 2.05) is 48.2 Å². The second kappa shape index (κ2) is 14.8. The zero-order chi connectivity index (χ0) is 39.1. The summed E-state index contributed by atoms with van der Waals surface area (Å²) in [5.74, 6) is 1.93. The molecule has 59 heavy (non-hydrogen) atoms. The fourth-order valence-corrected chi connectivity index (χ4v) is 9.32. The molecule has 0 amide bonds. The minimum absolute atomic E-state index is 0.638. The molecule has 9 aromatic carbocycles. The van der Waals surface area contributed by atoms with E-state index in [4.69, 9.17) is 15.0 Å². The number of nitrogens with zero attached hydrogens (tertiary/aromatic N) is 3. The van der Waals surface area contributed by atoms with Gasteiger partial charge in [0, 0.05) is 31.9 Å². The molecule has 0 N–H and O–H groups in total. The highest BCUT2D eigenvalue weighted by Gasteiger charge is 2.21. The second-order valence-corrected chi connectivity index (χ2v) is 15.9. The van der Waals surface area contributed by atoms with Crippen molar-refractivity contribution >= 4 is 22.5 Å². The van der Waals surface area contributed by atoms with E-state index in [-0.39, 0.29) is 0 Å². The number of aromatic nitrogens is 3. The molecule has 0 aliphatic carbocycles. The van der Waals surface area contributed by atoms with Crippen molar-refractivity contribution in [1.29, 1.82) is 0 Å². The van der Waals surface area contributed by atoms with E-state index in [0.717, 1.165) is 33.4 Å². The van der Waals surface area contributed by atoms with Gasteiger partial charge in [0.2, 0.25) is 0 Å². The Bertz CT molecular complexity index is 3160. The van der Waals surface area contributed by atoms with E-state index in [2.05, 4.69) is 176 Å². The van der Waals surface area contributed by atoms with Gasteiger partial charge in [0.05, 0.1) is 0 Å². The van der Waals surface area contributed by atoms with Crippen molar-refractivity contribution in [1.82, 2.24) is 15.0 Å². The molecule has 10 aromatic rings. The first-order chi connectivity index (χ1) is 29.2. The predicted molar refractivity (Wildman–Crippen MR) is 245 cm³/mol. The number of hydrogen-bond donors (Lipinski definition) is 0. The van der Waals surface area contributed by atoms with Gasteiger partial charge in [0.1, 0.15) is 0 Å². The monoisotopic (exact) mass is 769 g/mol. The maximum Gasteiger partial charge on any atom is 0.164 e. The maximum atomic E-state index is 5.01. The molecule has 0 saturated heterocycles. The third kappa shape index (κ3) is 6.60. The third-order valence-corrected chi connectivity index (χ3v) is 12.3. The molecule has 1 aliphatic rings. The molecule has 1 aromatic heterocycles. The normalized spacial score (nSPS) is 11.7. The summed E-state index contributed by atoms with van der Waals surface area (Å²) in [4.78, 5) is 17.6. The molecule has 0 radical (unpaired) electrons. The Labute approximate surface area is 347 Å². The molecule has 0 fully saturated rings. The molecule has 0 unspecified atom stereocenters. The second-order valence-electron chi connectivity index (χ2n) is 14.8. The van der Waals surface area contributed by atoms with E-state index in [1.54, 1.807) is 0 Å². The van der Waals surface area contributed by atoms with Crippen LogP contribution in [0.15, 0.2) is 222 Å². The lowest BCUT2D eigenvalue weighted by molar-refractivity contribution is 1.07. The summed E-state index contributed by atoms with van der Waals surface area (Å²) in [6.45, 7) is 0. The van der Waals surface area contributed by atoms with Crippen LogP contribution in [-0.4, -0.2) is 15.0 Å². The number of benzene rings is 9. The van der Waals surface area contributed by atoms with E-state index in [1.165, 1.54) is 59.5 Å². The Hall–Kier alpha value is -7.40. The van der Waals surface area contributed by atoms with Gasteiger partial charge in [-0.15, -0.1) is 0 Å². The Balaban J connectivity index is 0.908. The standard InChI is InChI=1S/C55H35N3S/c1-3-12-36(13-4-1)37-24-28-40(29-25-37)54-56-53(39-14-5-2-6-15-39)57-55(58-54)41-30-26-38(27-31-41)42-16-9-17-43(34-42)44-18-10-19-45(35-44)46-32-33-49-47-20-7-8-22-50(47)59-51-23-11-21-48(46)52(49)51/h1-35H. The van der Waals surface area contributed by atoms with Crippen LogP contribution in [-0.2, 0) is 0 Å². The molecule has 0 bridgehead atoms. The summed E-state index contributed by atoms with van der Waals surface area (Å²) in [6.07, 6.45) is 0. The highest BCUT2D eigenvalue weighted by atomic mass is 32.2. The van der Waals surface area contributed by atoms with Crippen LogP contribution in [0.4, 0.5) is 0 Å². The zero-order valence-corrected chi connectivity index (χ0v) is 32.8. The summed E-state index contributed by atoms with van der Waals surface area (Å²) in [6, 6.07) is 75.3. The van der Waals surface area contributed by atoms with Crippen LogP contribution in [0.25, 0.3) is 101 Å². The van der Waals surface area contributed by atoms with Crippen molar-refractivity contribution in [2.24, 2.45) is 0 Å². The molecule has 2 heterocycles. The van der Waals surface area contributed by atoms with Crippen molar-refractivity contribution in [3.05, 3.63) is 212 Å². The van der Waals surface area contributed by atoms with Crippen molar-refractivity contribution < 1.29 is 0 Å². The summed E-state index contributed by atoms with van der Waals surface area (Å²) in [5, 5.41) is 2.63. The van der Waals surface area contributed by atoms with Gasteiger partial charge in [-0.3, -0.25) is 0 Å². The topological polar surface area (TPSA) is 38.7 Å². The van der Waals surface area contributed by atoms with Gasteiger partial charge >= 0.3 is 0 Å². The maximum absolute atomic E-state index is 5.01.